The van der Waals surface area contributed by atoms with E-state index in [1.807, 2.05) is 30.3 Å². The van der Waals surface area contributed by atoms with Crippen LogP contribution in [0, 0.1) is 6.92 Å². The number of aromatic nitrogens is 5. The van der Waals surface area contributed by atoms with Crippen molar-refractivity contribution in [3.05, 3.63) is 59.9 Å². The van der Waals surface area contributed by atoms with Crippen molar-refractivity contribution >= 4 is 11.8 Å². The SMILES string of the molecule is Cc1cccc(-n2nnnc2SCc2ccccn2)c1. The van der Waals surface area contributed by atoms with E-state index in [9.17, 15) is 0 Å². The molecule has 0 spiro atoms. The molecular weight excluding hydrogens is 270 g/mol. The Labute approximate surface area is 121 Å². The predicted octanol–water partition coefficient (Wildman–Crippen LogP) is 2.66. The third-order valence-electron chi connectivity index (χ3n) is 2.76. The Hall–Kier alpha value is -2.21. The Kier molecular flexibility index (Phi) is 3.73. The van der Waals surface area contributed by atoms with Gasteiger partial charge in [-0.25, -0.2) is 0 Å². The Morgan fingerprint density at radius 3 is 2.90 bits per heavy atom. The lowest BCUT2D eigenvalue weighted by Crippen LogP contribution is -1.99. The van der Waals surface area contributed by atoms with E-state index in [4.69, 9.17) is 0 Å². The second-order valence-electron chi connectivity index (χ2n) is 4.32. The van der Waals surface area contributed by atoms with Crippen molar-refractivity contribution in [2.75, 3.05) is 0 Å². The van der Waals surface area contributed by atoms with Crippen LogP contribution < -0.4 is 0 Å². The van der Waals surface area contributed by atoms with Crippen molar-refractivity contribution in [3.8, 4) is 5.69 Å². The first kappa shape index (κ1) is 12.8. The van der Waals surface area contributed by atoms with Gasteiger partial charge in [0, 0.05) is 11.9 Å². The average Bonchev–Trinajstić information content (AvgIpc) is 2.95. The molecule has 0 unspecified atom stereocenters. The van der Waals surface area contributed by atoms with E-state index in [1.54, 1.807) is 22.6 Å². The standard InChI is InChI=1S/C14H13N5S/c1-11-5-4-7-13(9-11)19-14(16-17-18-19)20-10-12-6-2-3-8-15-12/h2-9H,10H2,1H3. The Bertz CT molecular complexity index is 696. The van der Waals surface area contributed by atoms with Crippen LogP contribution in [0.1, 0.15) is 11.3 Å². The van der Waals surface area contributed by atoms with Crippen LogP contribution in [-0.2, 0) is 5.75 Å². The predicted molar refractivity (Wildman–Crippen MR) is 77.7 cm³/mol. The van der Waals surface area contributed by atoms with Crippen LogP contribution in [0.3, 0.4) is 0 Å². The van der Waals surface area contributed by atoms with Gasteiger partial charge in [0.25, 0.3) is 0 Å². The van der Waals surface area contributed by atoms with E-state index in [2.05, 4.69) is 39.6 Å². The Morgan fingerprint density at radius 1 is 1.15 bits per heavy atom. The topological polar surface area (TPSA) is 56.5 Å². The number of hydrogen-bond acceptors (Lipinski definition) is 5. The molecule has 0 saturated carbocycles. The van der Waals surface area contributed by atoms with Crippen molar-refractivity contribution in [1.82, 2.24) is 25.2 Å². The van der Waals surface area contributed by atoms with Crippen molar-refractivity contribution in [2.45, 2.75) is 17.8 Å². The summed E-state index contributed by atoms with van der Waals surface area (Å²) in [6, 6.07) is 14.0. The molecule has 0 aliphatic heterocycles. The summed E-state index contributed by atoms with van der Waals surface area (Å²) < 4.78 is 1.75. The highest BCUT2D eigenvalue weighted by molar-refractivity contribution is 7.98. The zero-order valence-electron chi connectivity index (χ0n) is 11.0. The lowest BCUT2D eigenvalue weighted by molar-refractivity contribution is 0.755. The number of pyridine rings is 1. The molecule has 0 amide bonds. The normalized spacial score (nSPS) is 10.7. The summed E-state index contributed by atoms with van der Waals surface area (Å²) in [5.41, 5.74) is 3.16. The van der Waals surface area contributed by atoms with Gasteiger partial charge in [0.15, 0.2) is 0 Å². The maximum absolute atomic E-state index is 4.30. The number of nitrogens with zero attached hydrogens (tertiary/aromatic N) is 5. The molecule has 0 aliphatic rings. The molecule has 0 bridgehead atoms. The zero-order valence-corrected chi connectivity index (χ0v) is 11.8. The fourth-order valence-corrected chi connectivity index (χ4v) is 2.62. The van der Waals surface area contributed by atoms with Crippen molar-refractivity contribution in [1.29, 1.82) is 0 Å². The third-order valence-corrected chi connectivity index (χ3v) is 3.72. The molecule has 0 fully saturated rings. The van der Waals surface area contributed by atoms with Gasteiger partial charge in [-0.3, -0.25) is 4.98 Å². The van der Waals surface area contributed by atoms with Crippen LogP contribution >= 0.6 is 11.8 Å². The molecule has 100 valence electrons. The van der Waals surface area contributed by atoms with E-state index in [0.29, 0.717) is 0 Å². The molecule has 5 nitrogen and oxygen atoms in total. The highest BCUT2D eigenvalue weighted by Gasteiger charge is 2.09. The first-order valence-electron chi connectivity index (χ1n) is 6.21. The van der Waals surface area contributed by atoms with E-state index in [-0.39, 0.29) is 0 Å². The van der Waals surface area contributed by atoms with Crippen LogP contribution in [0.5, 0.6) is 0 Å². The fourth-order valence-electron chi connectivity index (χ4n) is 1.81. The quantitative estimate of drug-likeness (QED) is 0.689. The Balaban J connectivity index is 1.80. The zero-order chi connectivity index (χ0) is 13.8. The molecule has 3 rings (SSSR count). The van der Waals surface area contributed by atoms with Gasteiger partial charge in [-0.15, -0.1) is 5.10 Å². The number of thioether (sulfide) groups is 1. The van der Waals surface area contributed by atoms with Gasteiger partial charge < -0.3 is 0 Å². The summed E-state index contributed by atoms with van der Waals surface area (Å²) in [6.45, 7) is 2.05. The number of hydrogen-bond donors (Lipinski definition) is 0. The summed E-state index contributed by atoms with van der Waals surface area (Å²) >= 11 is 1.57. The van der Waals surface area contributed by atoms with Gasteiger partial charge in [-0.2, -0.15) is 4.68 Å². The summed E-state index contributed by atoms with van der Waals surface area (Å²) in [7, 11) is 0. The van der Waals surface area contributed by atoms with Crippen LogP contribution in [0.25, 0.3) is 5.69 Å². The molecular formula is C14H13N5S. The number of rotatable bonds is 4. The van der Waals surface area contributed by atoms with Gasteiger partial charge >= 0.3 is 0 Å². The largest absolute Gasteiger partial charge is 0.260 e. The molecule has 3 aromatic rings. The second-order valence-corrected chi connectivity index (χ2v) is 5.26. The molecule has 0 radical (unpaired) electrons. The monoisotopic (exact) mass is 283 g/mol. The molecule has 0 N–H and O–H groups in total. The van der Waals surface area contributed by atoms with Crippen molar-refractivity contribution in [2.24, 2.45) is 0 Å². The van der Waals surface area contributed by atoms with Crippen LogP contribution in [0.15, 0.2) is 53.8 Å². The first-order chi connectivity index (χ1) is 9.83. The lowest BCUT2D eigenvalue weighted by Gasteiger charge is -2.04. The minimum absolute atomic E-state index is 0.743. The molecule has 2 heterocycles. The number of tetrazole rings is 1. The lowest BCUT2D eigenvalue weighted by atomic mass is 10.2. The van der Waals surface area contributed by atoms with E-state index >= 15 is 0 Å². The van der Waals surface area contributed by atoms with E-state index < -0.39 is 0 Å². The molecule has 20 heavy (non-hydrogen) atoms. The molecule has 1 aromatic carbocycles. The van der Waals surface area contributed by atoms with Gasteiger partial charge in [0.2, 0.25) is 5.16 Å². The number of aryl methyl sites for hydroxylation is 1. The van der Waals surface area contributed by atoms with Crippen LogP contribution in [-0.4, -0.2) is 25.2 Å². The van der Waals surface area contributed by atoms with Gasteiger partial charge in [0.05, 0.1) is 11.4 Å². The molecule has 0 saturated heterocycles. The molecule has 0 atom stereocenters. The minimum Gasteiger partial charge on any atom is -0.260 e. The van der Waals surface area contributed by atoms with Crippen molar-refractivity contribution < 1.29 is 0 Å². The minimum atomic E-state index is 0.743. The maximum Gasteiger partial charge on any atom is 0.214 e. The fraction of sp³-hybridized carbons (Fsp3) is 0.143. The summed E-state index contributed by atoms with van der Waals surface area (Å²) in [5, 5.41) is 12.7. The smallest absolute Gasteiger partial charge is 0.214 e. The van der Waals surface area contributed by atoms with E-state index in [0.717, 1.165) is 22.3 Å². The van der Waals surface area contributed by atoms with Gasteiger partial charge in [-0.05, 0) is 47.2 Å². The molecule has 6 heteroatoms. The first-order valence-corrected chi connectivity index (χ1v) is 7.19. The summed E-state index contributed by atoms with van der Waals surface area (Å²) in [6.07, 6.45) is 1.79. The summed E-state index contributed by atoms with van der Waals surface area (Å²) in [4.78, 5) is 4.30. The van der Waals surface area contributed by atoms with Gasteiger partial charge in [-0.1, -0.05) is 30.0 Å². The van der Waals surface area contributed by atoms with Crippen molar-refractivity contribution in [3.63, 3.8) is 0 Å². The summed E-state index contributed by atoms with van der Waals surface area (Å²) in [5.74, 6) is 0.743. The van der Waals surface area contributed by atoms with E-state index in [1.165, 1.54) is 5.56 Å². The van der Waals surface area contributed by atoms with Crippen LogP contribution in [0.4, 0.5) is 0 Å². The maximum atomic E-state index is 4.30. The third kappa shape index (κ3) is 2.85. The van der Waals surface area contributed by atoms with Gasteiger partial charge in [0.1, 0.15) is 0 Å². The Morgan fingerprint density at radius 2 is 2.10 bits per heavy atom. The number of benzene rings is 1. The average molecular weight is 283 g/mol. The van der Waals surface area contributed by atoms with Crippen LogP contribution in [0.2, 0.25) is 0 Å². The molecule has 0 aliphatic carbocycles. The highest BCUT2D eigenvalue weighted by Crippen LogP contribution is 2.21. The second kappa shape index (κ2) is 5.83. The molecule has 2 aromatic heterocycles. The highest BCUT2D eigenvalue weighted by atomic mass is 32.2.